The third-order valence-corrected chi connectivity index (χ3v) is 6.22. The van der Waals surface area contributed by atoms with E-state index in [2.05, 4.69) is 51.8 Å². The van der Waals surface area contributed by atoms with Gasteiger partial charge in [-0.15, -0.1) is 0 Å². The molecule has 2 aromatic heterocycles. The van der Waals surface area contributed by atoms with Crippen LogP contribution in [0.1, 0.15) is 63.1 Å². The first-order chi connectivity index (χ1) is 15.1. The fraction of sp³-hybridized carbons (Fsp3) is 0.480. The molecule has 0 radical (unpaired) electrons. The number of carbonyl (C=O) groups excluding carboxylic acids is 1. The third-order valence-electron chi connectivity index (χ3n) is 6.22. The molecule has 4 rings (SSSR count). The Balaban J connectivity index is 1.35. The second-order valence-corrected chi connectivity index (χ2v) is 8.95. The number of piperidine rings is 1. The highest BCUT2D eigenvalue weighted by Gasteiger charge is 2.18. The molecule has 0 bridgehead atoms. The van der Waals surface area contributed by atoms with Crippen molar-refractivity contribution in [3.63, 3.8) is 0 Å². The molecule has 1 aliphatic rings. The van der Waals surface area contributed by atoms with Gasteiger partial charge >= 0.3 is 0 Å². The first kappa shape index (κ1) is 21.5. The summed E-state index contributed by atoms with van der Waals surface area (Å²) in [5, 5.41) is 15.7. The standard InChI is InChI=1S/C25H33N5O/c1-17(19-8-4-3-5-9-19)12-22(31)14-21-15-24-23(16-27-21)25(30-29-24)28-18(2)13-20-10-6-7-11-26-20/h3-5,8-9,15-18,20,26H,6-7,10-14H2,1-2H3,(H2,28,29,30)/t17-,18?,20?/m0/s1. The van der Waals surface area contributed by atoms with Crippen molar-refractivity contribution in [2.45, 2.75) is 70.4 Å². The fourth-order valence-electron chi connectivity index (χ4n) is 4.52. The van der Waals surface area contributed by atoms with Crippen LogP contribution in [0.3, 0.4) is 0 Å². The predicted molar refractivity (Wildman–Crippen MR) is 125 cm³/mol. The molecule has 6 heteroatoms. The molecule has 3 N–H and O–H groups in total. The molecule has 3 atom stereocenters. The molecule has 31 heavy (non-hydrogen) atoms. The number of anilines is 1. The van der Waals surface area contributed by atoms with Gasteiger partial charge in [-0.1, -0.05) is 43.7 Å². The molecule has 1 aliphatic heterocycles. The van der Waals surface area contributed by atoms with Crippen molar-refractivity contribution in [3.05, 3.63) is 53.9 Å². The van der Waals surface area contributed by atoms with Crippen LogP contribution in [-0.2, 0) is 11.2 Å². The van der Waals surface area contributed by atoms with Crippen molar-refractivity contribution in [3.8, 4) is 0 Å². The average molecular weight is 420 g/mol. The molecule has 0 aliphatic carbocycles. The molecule has 164 valence electrons. The minimum absolute atomic E-state index is 0.203. The van der Waals surface area contributed by atoms with Gasteiger partial charge in [0.2, 0.25) is 0 Å². The van der Waals surface area contributed by atoms with Crippen LogP contribution in [0.15, 0.2) is 42.6 Å². The lowest BCUT2D eigenvalue weighted by Gasteiger charge is -2.26. The number of aromatic nitrogens is 3. The van der Waals surface area contributed by atoms with E-state index < -0.39 is 0 Å². The molecule has 2 unspecified atom stereocenters. The summed E-state index contributed by atoms with van der Waals surface area (Å²) < 4.78 is 0. The number of carbonyl (C=O) groups is 1. The maximum Gasteiger partial charge on any atom is 0.157 e. The Bertz CT molecular complexity index is 994. The average Bonchev–Trinajstić information content (AvgIpc) is 3.16. The topological polar surface area (TPSA) is 82.7 Å². The molecular weight excluding hydrogens is 386 g/mol. The third kappa shape index (κ3) is 5.70. The van der Waals surface area contributed by atoms with Crippen LogP contribution in [0, 0.1) is 0 Å². The Hall–Kier alpha value is -2.73. The van der Waals surface area contributed by atoms with Crippen LogP contribution in [0.4, 0.5) is 5.82 Å². The zero-order valence-electron chi connectivity index (χ0n) is 18.5. The molecular formula is C25H33N5O. The molecule has 3 aromatic rings. The normalized spacial score (nSPS) is 18.6. The van der Waals surface area contributed by atoms with E-state index in [0.717, 1.165) is 35.4 Å². The number of nitrogens with zero attached hydrogens (tertiary/aromatic N) is 2. The summed E-state index contributed by atoms with van der Waals surface area (Å²) >= 11 is 0. The van der Waals surface area contributed by atoms with E-state index in [4.69, 9.17) is 0 Å². The fourth-order valence-corrected chi connectivity index (χ4v) is 4.52. The van der Waals surface area contributed by atoms with Gasteiger partial charge in [0.1, 0.15) is 5.78 Å². The Morgan fingerprint density at radius 3 is 2.84 bits per heavy atom. The number of pyridine rings is 1. The maximum absolute atomic E-state index is 12.6. The summed E-state index contributed by atoms with van der Waals surface area (Å²) in [7, 11) is 0. The number of nitrogens with one attached hydrogen (secondary N) is 3. The summed E-state index contributed by atoms with van der Waals surface area (Å²) in [5.74, 6) is 1.25. The van der Waals surface area contributed by atoms with Gasteiger partial charge in [-0.2, -0.15) is 5.10 Å². The van der Waals surface area contributed by atoms with Crippen molar-refractivity contribution in [2.24, 2.45) is 0 Å². The Morgan fingerprint density at radius 2 is 2.06 bits per heavy atom. The Kier molecular flexibility index (Phi) is 6.97. The molecule has 6 nitrogen and oxygen atoms in total. The number of ketones is 1. The van der Waals surface area contributed by atoms with Crippen molar-refractivity contribution in [2.75, 3.05) is 11.9 Å². The van der Waals surface area contributed by atoms with Crippen LogP contribution in [0.25, 0.3) is 10.9 Å². The predicted octanol–water partition coefficient (Wildman–Crippen LogP) is 4.60. The Labute approximate surface area is 184 Å². The number of aromatic amines is 1. The number of hydrogen-bond acceptors (Lipinski definition) is 5. The molecule has 1 saturated heterocycles. The van der Waals surface area contributed by atoms with Gasteiger partial charge in [0.25, 0.3) is 0 Å². The lowest BCUT2D eigenvalue weighted by atomic mass is 9.94. The molecule has 0 saturated carbocycles. The van der Waals surface area contributed by atoms with Crippen molar-refractivity contribution >= 4 is 22.5 Å². The largest absolute Gasteiger partial charge is 0.366 e. The quantitative estimate of drug-likeness (QED) is 0.472. The summed E-state index contributed by atoms with van der Waals surface area (Å²) in [4.78, 5) is 17.1. The van der Waals surface area contributed by atoms with Gasteiger partial charge < -0.3 is 10.6 Å². The molecule has 1 fully saturated rings. The Morgan fingerprint density at radius 1 is 1.23 bits per heavy atom. The second kappa shape index (κ2) is 10.1. The van der Waals surface area contributed by atoms with Crippen molar-refractivity contribution < 1.29 is 4.79 Å². The van der Waals surface area contributed by atoms with E-state index in [0.29, 0.717) is 24.9 Å². The van der Waals surface area contributed by atoms with Gasteiger partial charge in [0, 0.05) is 36.8 Å². The molecule has 3 heterocycles. The number of rotatable bonds is 9. The van der Waals surface area contributed by atoms with E-state index in [1.165, 1.54) is 24.8 Å². The second-order valence-electron chi connectivity index (χ2n) is 8.95. The van der Waals surface area contributed by atoms with Gasteiger partial charge in [0.15, 0.2) is 5.82 Å². The lowest BCUT2D eigenvalue weighted by Crippen LogP contribution is -2.37. The first-order valence-electron chi connectivity index (χ1n) is 11.5. The highest BCUT2D eigenvalue weighted by molar-refractivity contribution is 5.90. The number of fused-ring (bicyclic) bond motifs is 1. The first-order valence-corrected chi connectivity index (χ1v) is 11.5. The van der Waals surface area contributed by atoms with Crippen LogP contribution < -0.4 is 10.6 Å². The zero-order valence-corrected chi connectivity index (χ0v) is 18.5. The molecule has 1 aromatic carbocycles. The maximum atomic E-state index is 12.6. The van der Waals surface area contributed by atoms with Crippen LogP contribution in [0.2, 0.25) is 0 Å². The number of Topliss-reactive ketones (excluding diaryl/α,β-unsaturated/α-hetero) is 1. The smallest absolute Gasteiger partial charge is 0.157 e. The highest BCUT2D eigenvalue weighted by atomic mass is 16.1. The monoisotopic (exact) mass is 419 g/mol. The number of benzene rings is 1. The van der Waals surface area contributed by atoms with Gasteiger partial charge in [-0.3, -0.25) is 14.9 Å². The zero-order chi connectivity index (χ0) is 21.6. The highest BCUT2D eigenvalue weighted by Crippen LogP contribution is 2.24. The van der Waals surface area contributed by atoms with E-state index >= 15 is 0 Å². The van der Waals surface area contributed by atoms with Crippen molar-refractivity contribution in [1.82, 2.24) is 20.5 Å². The van der Waals surface area contributed by atoms with Crippen LogP contribution in [0.5, 0.6) is 0 Å². The summed E-state index contributed by atoms with van der Waals surface area (Å²) in [6, 6.07) is 13.0. The summed E-state index contributed by atoms with van der Waals surface area (Å²) in [6.07, 6.45) is 7.61. The SMILES string of the molecule is CC(CC1CCCCN1)Nc1n[nH]c2cc(CC(=O)C[C@H](C)c3ccccc3)ncc12. The minimum Gasteiger partial charge on any atom is -0.366 e. The van der Waals surface area contributed by atoms with E-state index in [1.807, 2.05) is 30.5 Å². The van der Waals surface area contributed by atoms with E-state index in [-0.39, 0.29) is 11.7 Å². The number of hydrogen-bond donors (Lipinski definition) is 3. The van der Waals surface area contributed by atoms with E-state index in [9.17, 15) is 4.79 Å². The van der Waals surface area contributed by atoms with Gasteiger partial charge in [0.05, 0.1) is 10.9 Å². The summed E-state index contributed by atoms with van der Waals surface area (Å²) in [6.45, 7) is 5.42. The van der Waals surface area contributed by atoms with Crippen LogP contribution >= 0.6 is 0 Å². The van der Waals surface area contributed by atoms with Gasteiger partial charge in [-0.25, -0.2) is 0 Å². The summed E-state index contributed by atoms with van der Waals surface area (Å²) in [5.41, 5.74) is 2.90. The van der Waals surface area contributed by atoms with Crippen molar-refractivity contribution in [1.29, 1.82) is 0 Å². The van der Waals surface area contributed by atoms with E-state index in [1.54, 1.807) is 0 Å². The lowest BCUT2D eigenvalue weighted by molar-refractivity contribution is -0.118. The number of H-pyrrole nitrogens is 1. The minimum atomic E-state index is 0.203. The van der Waals surface area contributed by atoms with Gasteiger partial charge in [-0.05, 0) is 50.3 Å². The van der Waals surface area contributed by atoms with Crippen LogP contribution in [-0.4, -0.2) is 39.6 Å². The molecule has 0 amide bonds. The molecule has 0 spiro atoms.